The van der Waals surface area contributed by atoms with Crippen LogP contribution in [0.15, 0.2) is 47.1 Å². The molecule has 35 heavy (non-hydrogen) atoms. The molecule has 1 aromatic carbocycles. The van der Waals surface area contributed by atoms with Gasteiger partial charge in [0.05, 0.1) is 13.1 Å². The van der Waals surface area contributed by atoms with E-state index in [9.17, 15) is 9.59 Å². The zero-order chi connectivity index (χ0) is 25.2. The molecule has 1 aliphatic rings. The van der Waals surface area contributed by atoms with Gasteiger partial charge in [0.15, 0.2) is 0 Å². The van der Waals surface area contributed by atoms with E-state index in [-0.39, 0.29) is 24.4 Å². The molecule has 0 bridgehead atoms. The van der Waals surface area contributed by atoms with Crippen LogP contribution in [0.4, 0.5) is 0 Å². The van der Waals surface area contributed by atoms with Crippen LogP contribution in [0.3, 0.4) is 0 Å². The first kappa shape index (κ1) is 27.5. The molecule has 0 N–H and O–H groups in total. The minimum Gasteiger partial charge on any atom is -0.345 e. The van der Waals surface area contributed by atoms with Crippen LogP contribution in [0.25, 0.3) is 0 Å². The molecule has 1 saturated carbocycles. The fourth-order valence-corrected chi connectivity index (χ4v) is 5.21. The van der Waals surface area contributed by atoms with Crippen LogP contribution < -0.4 is 0 Å². The normalized spacial score (nSPS) is 14.0. The number of hydrogen-bond acceptors (Lipinski definition) is 2. The molecule has 3 rings (SSSR count). The molecular weight excluding hydrogens is 502 g/mol. The number of halogens is 1. The molecule has 0 radical (unpaired) electrons. The van der Waals surface area contributed by atoms with E-state index in [0.29, 0.717) is 25.4 Å². The first-order valence-electron chi connectivity index (χ1n) is 13.3. The number of nitrogens with zero attached hydrogens (tertiary/aromatic N) is 3. The maximum absolute atomic E-state index is 13.5. The van der Waals surface area contributed by atoms with E-state index in [4.69, 9.17) is 0 Å². The van der Waals surface area contributed by atoms with Gasteiger partial charge in [-0.2, -0.15) is 0 Å². The van der Waals surface area contributed by atoms with Crippen LogP contribution in [-0.2, 0) is 22.7 Å². The fraction of sp³-hybridized carbons (Fsp3) is 0.586. The van der Waals surface area contributed by atoms with E-state index >= 15 is 0 Å². The molecule has 5 nitrogen and oxygen atoms in total. The molecule has 1 fully saturated rings. The number of hydrogen-bond donors (Lipinski definition) is 0. The number of amides is 2. The lowest BCUT2D eigenvalue weighted by Crippen LogP contribution is -2.46. The van der Waals surface area contributed by atoms with Crippen LogP contribution in [0.1, 0.15) is 83.4 Å². The van der Waals surface area contributed by atoms with Crippen molar-refractivity contribution in [3.63, 3.8) is 0 Å². The van der Waals surface area contributed by atoms with Gasteiger partial charge in [-0.3, -0.25) is 9.59 Å². The van der Waals surface area contributed by atoms with Gasteiger partial charge in [-0.05, 0) is 62.4 Å². The Morgan fingerprint density at radius 2 is 1.80 bits per heavy atom. The molecule has 6 heteroatoms. The number of unbranched alkanes of at least 4 members (excludes halogenated alkanes) is 1. The molecule has 1 aliphatic carbocycles. The van der Waals surface area contributed by atoms with Gasteiger partial charge in [-0.15, -0.1) is 0 Å². The Balaban J connectivity index is 1.65. The van der Waals surface area contributed by atoms with Gasteiger partial charge in [-0.25, -0.2) is 0 Å². The smallest absolute Gasteiger partial charge is 0.242 e. The number of benzene rings is 1. The Hall–Kier alpha value is -2.08. The lowest BCUT2D eigenvalue weighted by atomic mass is 10.0. The van der Waals surface area contributed by atoms with Crippen molar-refractivity contribution in [2.75, 3.05) is 13.1 Å². The van der Waals surface area contributed by atoms with Crippen LogP contribution in [0.5, 0.6) is 0 Å². The predicted octanol–water partition coefficient (Wildman–Crippen LogP) is 6.64. The first-order valence-corrected chi connectivity index (χ1v) is 14.1. The Labute approximate surface area is 220 Å². The molecule has 192 valence electrons. The van der Waals surface area contributed by atoms with E-state index in [1.807, 2.05) is 24.8 Å². The predicted molar refractivity (Wildman–Crippen MR) is 146 cm³/mol. The molecule has 0 spiro atoms. The highest BCUT2D eigenvalue weighted by atomic mass is 79.9. The molecule has 0 aliphatic heterocycles. The van der Waals surface area contributed by atoms with E-state index in [2.05, 4.69) is 63.9 Å². The summed E-state index contributed by atoms with van der Waals surface area (Å²) in [5, 5.41) is 0. The number of aromatic nitrogens is 1. The summed E-state index contributed by atoms with van der Waals surface area (Å²) in [6, 6.07) is 12.5. The topological polar surface area (TPSA) is 45.6 Å². The zero-order valence-electron chi connectivity index (χ0n) is 21.7. The van der Waals surface area contributed by atoms with Crippen molar-refractivity contribution in [1.82, 2.24) is 14.4 Å². The lowest BCUT2D eigenvalue weighted by molar-refractivity contribution is -0.142. The maximum Gasteiger partial charge on any atom is 0.242 e. The summed E-state index contributed by atoms with van der Waals surface area (Å²) in [6.45, 7) is 8.37. The SMILES string of the molecule is CCCCN(Cc1cccn1Cc1ccc(Br)cc1)C(=O)CN(C(=O)CCC1CCCC1)C(C)C. The second-order valence-corrected chi connectivity index (χ2v) is 11.1. The third-order valence-corrected chi connectivity index (χ3v) is 7.70. The van der Waals surface area contributed by atoms with Gasteiger partial charge in [0.2, 0.25) is 11.8 Å². The Morgan fingerprint density at radius 1 is 1.09 bits per heavy atom. The van der Waals surface area contributed by atoms with Crippen LogP contribution in [0.2, 0.25) is 0 Å². The van der Waals surface area contributed by atoms with Crippen molar-refractivity contribution in [2.24, 2.45) is 5.92 Å². The fourth-order valence-electron chi connectivity index (χ4n) is 4.94. The van der Waals surface area contributed by atoms with Crippen molar-refractivity contribution in [3.05, 3.63) is 58.3 Å². The summed E-state index contributed by atoms with van der Waals surface area (Å²) >= 11 is 3.50. The Bertz CT molecular complexity index is 932. The summed E-state index contributed by atoms with van der Waals surface area (Å²) in [4.78, 5) is 30.3. The molecule has 0 atom stereocenters. The van der Waals surface area contributed by atoms with E-state index in [1.165, 1.54) is 31.2 Å². The monoisotopic (exact) mass is 543 g/mol. The molecular formula is C29H42BrN3O2. The highest BCUT2D eigenvalue weighted by Gasteiger charge is 2.25. The van der Waals surface area contributed by atoms with Crippen molar-refractivity contribution in [1.29, 1.82) is 0 Å². The largest absolute Gasteiger partial charge is 0.345 e. The van der Waals surface area contributed by atoms with Gasteiger partial charge < -0.3 is 14.4 Å². The average molecular weight is 545 g/mol. The minimum atomic E-state index is 0.0179. The number of rotatable bonds is 13. The summed E-state index contributed by atoms with van der Waals surface area (Å²) in [6.07, 6.45) is 10.7. The quantitative estimate of drug-likeness (QED) is 0.284. The van der Waals surface area contributed by atoms with Gasteiger partial charge in [0.1, 0.15) is 0 Å². The van der Waals surface area contributed by atoms with Crippen molar-refractivity contribution < 1.29 is 9.59 Å². The molecule has 0 unspecified atom stereocenters. The number of carbonyl (C=O) groups excluding carboxylic acids is 2. The van der Waals surface area contributed by atoms with Crippen LogP contribution >= 0.6 is 15.9 Å². The van der Waals surface area contributed by atoms with Crippen molar-refractivity contribution >= 4 is 27.7 Å². The maximum atomic E-state index is 13.5. The zero-order valence-corrected chi connectivity index (χ0v) is 23.3. The van der Waals surface area contributed by atoms with Gasteiger partial charge in [0.25, 0.3) is 0 Å². The Morgan fingerprint density at radius 3 is 2.46 bits per heavy atom. The van der Waals surface area contributed by atoms with E-state index < -0.39 is 0 Å². The second kappa shape index (κ2) is 13.9. The first-order chi connectivity index (χ1) is 16.9. The molecule has 2 amide bonds. The summed E-state index contributed by atoms with van der Waals surface area (Å²) in [5.74, 6) is 0.843. The van der Waals surface area contributed by atoms with Crippen LogP contribution in [0, 0.1) is 5.92 Å². The summed E-state index contributed by atoms with van der Waals surface area (Å²) in [7, 11) is 0. The average Bonchev–Trinajstić information content (AvgIpc) is 3.52. The molecule has 1 heterocycles. The van der Waals surface area contributed by atoms with Gasteiger partial charge in [-0.1, -0.05) is 67.1 Å². The standard InChI is InChI=1S/C29H42BrN3O2/c1-4-5-18-32(21-27-11-8-19-31(27)20-25-12-15-26(30)16-13-25)29(35)22-33(23(2)3)28(34)17-14-24-9-6-7-10-24/h8,11-13,15-16,19,23-24H,4-7,9-10,14,17-18,20-22H2,1-3H3. The third-order valence-electron chi connectivity index (χ3n) is 7.17. The van der Waals surface area contributed by atoms with E-state index in [0.717, 1.165) is 36.0 Å². The Kier molecular flexibility index (Phi) is 10.9. The summed E-state index contributed by atoms with van der Waals surface area (Å²) < 4.78 is 3.28. The van der Waals surface area contributed by atoms with Crippen LogP contribution in [-0.4, -0.2) is 45.3 Å². The van der Waals surface area contributed by atoms with Gasteiger partial charge >= 0.3 is 0 Å². The summed E-state index contributed by atoms with van der Waals surface area (Å²) in [5.41, 5.74) is 2.33. The van der Waals surface area contributed by atoms with Crippen molar-refractivity contribution in [2.45, 2.75) is 91.3 Å². The van der Waals surface area contributed by atoms with E-state index in [1.54, 1.807) is 4.90 Å². The molecule has 1 aromatic heterocycles. The number of carbonyl (C=O) groups is 2. The molecule has 2 aromatic rings. The highest BCUT2D eigenvalue weighted by molar-refractivity contribution is 9.10. The minimum absolute atomic E-state index is 0.0179. The lowest BCUT2D eigenvalue weighted by Gasteiger charge is -2.30. The third kappa shape index (κ3) is 8.52. The van der Waals surface area contributed by atoms with Gasteiger partial charge in [0, 0.05) is 41.9 Å². The highest BCUT2D eigenvalue weighted by Crippen LogP contribution is 2.29. The molecule has 0 saturated heterocycles. The second-order valence-electron chi connectivity index (χ2n) is 10.2. The van der Waals surface area contributed by atoms with Crippen molar-refractivity contribution in [3.8, 4) is 0 Å².